The quantitative estimate of drug-likeness (QED) is 0.902. The first kappa shape index (κ1) is 12.4. The molecule has 102 valence electrons. The summed E-state index contributed by atoms with van der Waals surface area (Å²) in [5.41, 5.74) is 0.507. The largest absolute Gasteiger partial charge is 0.367 e. The molecule has 1 amide bonds. The van der Waals surface area contributed by atoms with Gasteiger partial charge in [-0.3, -0.25) is 4.79 Å². The number of hydrogen-bond donors (Lipinski definition) is 1. The topological polar surface area (TPSA) is 58.1 Å². The second-order valence-electron chi connectivity index (χ2n) is 5.71. The van der Waals surface area contributed by atoms with Gasteiger partial charge in [0.2, 0.25) is 0 Å². The minimum absolute atomic E-state index is 0.0350. The molecular weight excluding hydrogens is 240 g/mol. The van der Waals surface area contributed by atoms with Gasteiger partial charge in [-0.25, -0.2) is 9.97 Å². The van der Waals surface area contributed by atoms with Gasteiger partial charge in [0.05, 0.1) is 0 Å². The summed E-state index contributed by atoms with van der Waals surface area (Å²) in [4.78, 5) is 22.6. The lowest BCUT2D eigenvalue weighted by molar-refractivity contribution is 0.0677. The Kier molecular flexibility index (Phi) is 3.36. The van der Waals surface area contributed by atoms with Crippen LogP contribution in [0.5, 0.6) is 0 Å². The molecule has 0 spiro atoms. The molecule has 1 saturated carbocycles. The molecular formula is C14H20N4O. The van der Waals surface area contributed by atoms with Crippen LogP contribution in [0.2, 0.25) is 0 Å². The summed E-state index contributed by atoms with van der Waals surface area (Å²) >= 11 is 0. The van der Waals surface area contributed by atoms with Crippen LogP contribution in [-0.4, -0.2) is 39.9 Å². The Morgan fingerprint density at radius 1 is 1.37 bits per heavy atom. The van der Waals surface area contributed by atoms with E-state index in [-0.39, 0.29) is 5.91 Å². The Bertz CT molecular complexity index is 472. The Labute approximate surface area is 113 Å². The number of aromatic nitrogens is 2. The molecule has 0 radical (unpaired) electrons. The molecule has 5 heteroatoms. The van der Waals surface area contributed by atoms with Gasteiger partial charge >= 0.3 is 0 Å². The monoisotopic (exact) mass is 260 g/mol. The lowest BCUT2D eigenvalue weighted by atomic mass is 10.00. The fourth-order valence-electron chi connectivity index (χ4n) is 2.53. The van der Waals surface area contributed by atoms with E-state index in [0.29, 0.717) is 17.7 Å². The Morgan fingerprint density at radius 2 is 2.21 bits per heavy atom. The minimum atomic E-state index is 0.0350. The number of carbonyl (C=O) groups excluding carboxylic acids is 1. The van der Waals surface area contributed by atoms with Crippen molar-refractivity contribution in [3.63, 3.8) is 0 Å². The predicted octanol–water partition coefficient (Wildman–Crippen LogP) is 1.92. The van der Waals surface area contributed by atoms with Crippen molar-refractivity contribution < 1.29 is 4.79 Å². The standard InChI is InChI=1S/C14H20N4O/c1-10-3-2-6-18(8-10)14(19)12-7-13(16-9-15-12)17-11-4-5-11/h7,9-11H,2-6,8H2,1H3,(H,15,16,17). The van der Waals surface area contributed by atoms with Gasteiger partial charge in [-0.2, -0.15) is 0 Å². The number of likely N-dealkylation sites (tertiary alicyclic amines) is 1. The van der Waals surface area contributed by atoms with E-state index in [1.807, 2.05) is 4.90 Å². The van der Waals surface area contributed by atoms with Gasteiger partial charge in [0.1, 0.15) is 17.8 Å². The fourth-order valence-corrected chi connectivity index (χ4v) is 2.53. The molecule has 1 atom stereocenters. The van der Waals surface area contributed by atoms with Gasteiger partial charge < -0.3 is 10.2 Å². The van der Waals surface area contributed by atoms with Crippen molar-refractivity contribution in [2.24, 2.45) is 5.92 Å². The average Bonchev–Trinajstić information content (AvgIpc) is 3.22. The van der Waals surface area contributed by atoms with Gasteiger partial charge in [0.25, 0.3) is 5.91 Å². The molecule has 2 heterocycles. The van der Waals surface area contributed by atoms with Gasteiger partial charge in [-0.15, -0.1) is 0 Å². The molecule has 0 aromatic carbocycles. The van der Waals surface area contributed by atoms with Gasteiger partial charge in [-0.05, 0) is 31.6 Å². The lowest BCUT2D eigenvalue weighted by Gasteiger charge is -2.30. The van der Waals surface area contributed by atoms with Crippen LogP contribution in [-0.2, 0) is 0 Å². The van der Waals surface area contributed by atoms with Crippen molar-refractivity contribution in [1.29, 1.82) is 0 Å². The van der Waals surface area contributed by atoms with Crippen LogP contribution in [0.15, 0.2) is 12.4 Å². The van der Waals surface area contributed by atoms with E-state index in [1.165, 1.54) is 25.6 Å². The zero-order valence-corrected chi connectivity index (χ0v) is 11.3. The Morgan fingerprint density at radius 3 is 2.95 bits per heavy atom. The van der Waals surface area contributed by atoms with Crippen molar-refractivity contribution in [1.82, 2.24) is 14.9 Å². The van der Waals surface area contributed by atoms with Crippen LogP contribution in [0.4, 0.5) is 5.82 Å². The molecule has 1 saturated heterocycles. The van der Waals surface area contributed by atoms with Gasteiger partial charge in [0, 0.05) is 25.2 Å². The van der Waals surface area contributed by atoms with Gasteiger partial charge in [-0.1, -0.05) is 6.92 Å². The number of nitrogens with one attached hydrogen (secondary N) is 1. The van der Waals surface area contributed by atoms with Crippen LogP contribution in [0, 0.1) is 5.92 Å². The third-order valence-corrected chi connectivity index (χ3v) is 3.76. The van der Waals surface area contributed by atoms with E-state index in [0.717, 1.165) is 25.3 Å². The highest BCUT2D eigenvalue weighted by molar-refractivity contribution is 5.93. The van der Waals surface area contributed by atoms with Crippen molar-refractivity contribution in [2.45, 2.75) is 38.6 Å². The molecule has 19 heavy (non-hydrogen) atoms. The molecule has 3 rings (SSSR count). The maximum atomic E-state index is 12.4. The summed E-state index contributed by atoms with van der Waals surface area (Å²) in [5.74, 6) is 1.39. The van der Waals surface area contributed by atoms with Crippen molar-refractivity contribution in [2.75, 3.05) is 18.4 Å². The third kappa shape index (κ3) is 3.03. The first-order chi connectivity index (χ1) is 9.22. The van der Waals surface area contributed by atoms with Crippen LogP contribution < -0.4 is 5.32 Å². The zero-order chi connectivity index (χ0) is 13.2. The predicted molar refractivity (Wildman–Crippen MR) is 73.0 cm³/mol. The molecule has 1 aliphatic carbocycles. The maximum absolute atomic E-state index is 12.4. The molecule has 5 nitrogen and oxygen atoms in total. The van der Waals surface area contributed by atoms with Crippen molar-refractivity contribution in [3.8, 4) is 0 Å². The smallest absolute Gasteiger partial charge is 0.272 e. The van der Waals surface area contributed by atoms with E-state index < -0.39 is 0 Å². The van der Waals surface area contributed by atoms with E-state index in [1.54, 1.807) is 6.07 Å². The summed E-state index contributed by atoms with van der Waals surface area (Å²) in [6, 6.07) is 2.31. The van der Waals surface area contributed by atoms with Crippen molar-refractivity contribution in [3.05, 3.63) is 18.1 Å². The number of carbonyl (C=O) groups is 1. The Hall–Kier alpha value is -1.65. The summed E-state index contributed by atoms with van der Waals surface area (Å²) in [7, 11) is 0. The summed E-state index contributed by atoms with van der Waals surface area (Å²) in [6.45, 7) is 3.88. The number of piperidine rings is 1. The molecule has 1 unspecified atom stereocenters. The average molecular weight is 260 g/mol. The molecule has 1 N–H and O–H groups in total. The number of amides is 1. The second kappa shape index (κ2) is 5.15. The molecule has 0 bridgehead atoms. The second-order valence-corrected chi connectivity index (χ2v) is 5.71. The molecule has 1 aromatic heterocycles. The minimum Gasteiger partial charge on any atom is -0.367 e. The molecule has 1 aromatic rings. The summed E-state index contributed by atoms with van der Waals surface area (Å²) in [5, 5.41) is 3.30. The number of nitrogens with zero attached hydrogens (tertiary/aromatic N) is 3. The van der Waals surface area contributed by atoms with Crippen LogP contribution in [0.3, 0.4) is 0 Å². The van der Waals surface area contributed by atoms with E-state index in [2.05, 4.69) is 22.2 Å². The molecule has 2 fully saturated rings. The lowest BCUT2D eigenvalue weighted by Crippen LogP contribution is -2.39. The number of hydrogen-bond acceptors (Lipinski definition) is 4. The Balaban J connectivity index is 1.71. The van der Waals surface area contributed by atoms with Gasteiger partial charge in [0.15, 0.2) is 0 Å². The number of anilines is 1. The zero-order valence-electron chi connectivity index (χ0n) is 11.3. The third-order valence-electron chi connectivity index (χ3n) is 3.76. The van der Waals surface area contributed by atoms with Crippen LogP contribution >= 0.6 is 0 Å². The van der Waals surface area contributed by atoms with E-state index in [4.69, 9.17) is 0 Å². The SMILES string of the molecule is CC1CCCN(C(=O)c2cc(NC3CC3)ncn2)C1. The normalized spacial score (nSPS) is 23.2. The summed E-state index contributed by atoms with van der Waals surface area (Å²) < 4.78 is 0. The highest BCUT2D eigenvalue weighted by Gasteiger charge is 2.24. The van der Waals surface area contributed by atoms with E-state index in [9.17, 15) is 4.79 Å². The molecule has 2 aliphatic rings. The molecule has 1 aliphatic heterocycles. The fraction of sp³-hybridized carbons (Fsp3) is 0.643. The maximum Gasteiger partial charge on any atom is 0.272 e. The first-order valence-electron chi connectivity index (χ1n) is 7.10. The van der Waals surface area contributed by atoms with Crippen LogP contribution in [0.25, 0.3) is 0 Å². The van der Waals surface area contributed by atoms with E-state index >= 15 is 0 Å². The highest BCUT2D eigenvalue weighted by Crippen LogP contribution is 2.24. The number of rotatable bonds is 3. The highest BCUT2D eigenvalue weighted by atomic mass is 16.2. The van der Waals surface area contributed by atoms with Crippen LogP contribution in [0.1, 0.15) is 43.1 Å². The summed E-state index contributed by atoms with van der Waals surface area (Å²) in [6.07, 6.45) is 6.16. The van der Waals surface area contributed by atoms with Crippen molar-refractivity contribution >= 4 is 11.7 Å². The first-order valence-corrected chi connectivity index (χ1v) is 7.10.